The Morgan fingerprint density at radius 3 is 2.45 bits per heavy atom. The van der Waals surface area contributed by atoms with Crippen LogP contribution in [0.5, 0.6) is 0 Å². The highest BCUT2D eigenvalue weighted by atomic mass is 32.2. The first-order chi connectivity index (χ1) is 13.3. The highest BCUT2D eigenvalue weighted by Crippen LogP contribution is 2.52. The van der Waals surface area contributed by atoms with Crippen LogP contribution in [0.3, 0.4) is 0 Å². The average molecular weight is 422 g/mol. The number of rotatable bonds is 2. The van der Waals surface area contributed by atoms with Crippen molar-refractivity contribution in [1.82, 2.24) is 14.6 Å². The molecule has 2 aliphatic rings. The number of pyridine rings is 1. The molecule has 2 heterocycles. The molecule has 1 amide bonds. The Morgan fingerprint density at radius 2 is 1.90 bits per heavy atom. The molecule has 162 valence electrons. The zero-order valence-electron chi connectivity index (χ0n) is 18.8. The Labute approximate surface area is 178 Å². The van der Waals surface area contributed by atoms with Crippen molar-refractivity contribution in [1.29, 1.82) is 0 Å². The predicted molar refractivity (Wildman–Crippen MR) is 116 cm³/mol. The number of nitrogens with one attached hydrogen (secondary N) is 1. The minimum Gasteiger partial charge on any atom is -0.598 e. The third kappa shape index (κ3) is 4.89. The van der Waals surface area contributed by atoms with Crippen LogP contribution >= 0.6 is 0 Å². The molecule has 29 heavy (non-hydrogen) atoms. The third-order valence-corrected chi connectivity index (χ3v) is 7.32. The van der Waals surface area contributed by atoms with Gasteiger partial charge in [-0.1, -0.05) is 6.07 Å². The summed E-state index contributed by atoms with van der Waals surface area (Å²) in [6, 6.07) is 2.13. The number of likely N-dealkylation sites (tertiary alicyclic amines) is 1. The molecule has 0 bridgehead atoms. The predicted octanol–water partition coefficient (Wildman–Crippen LogP) is 4.06. The second kappa shape index (κ2) is 7.75. The summed E-state index contributed by atoms with van der Waals surface area (Å²) in [4.78, 5) is 19.0. The number of nitrogens with zero attached hydrogens (tertiary/aromatic N) is 2. The number of carbonyl (C=O) groups excluding carboxylic acids is 1. The van der Waals surface area contributed by atoms with Crippen molar-refractivity contribution in [3.8, 4) is 0 Å². The summed E-state index contributed by atoms with van der Waals surface area (Å²) in [5, 5.41) is 0. The molecule has 0 saturated carbocycles. The molecule has 7 heteroatoms. The van der Waals surface area contributed by atoms with Crippen LogP contribution in [-0.4, -0.2) is 44.0 Å². The van der Waals surface area contributed by atoms with E-state index < -0.39 is 17.0 Å². The van der Waals surface area contributed by atoms with Crippen LogP contribution in [0.15, 0.2) is 12.3 Å². The van der Waals surface area contributed by atoms with Crippen LogP contribution < -0.4 is 4.72 Å². The first-order valence-electron chi connectivity index (χ1n) is 10.4. The summed E-state index contributed by atoms with van der Waals surface area (Å²) in [5.74, 6) is 0. The van der Waals surface area contributed by atoms with Crippen LogP contribution in [0.2, 0.25) is 0 Å². The zero-order valence-corrected chi connectivity index (χ0v) is 19.6. The van der Waals surface area contributed by atoms with Gasteiger partial charge >= 0.3 is 6.09 Å². The van der Waals surface area contributed by atoms with E-state index in [0.717, 1.165) is 30.5 Å². The van der Waals surface area contributed by atoms with Gasteiger partial charge in [0.1, 0.15) is 16.4 Å². The van der Waals surface area contributed by atoms with E-state index in [2.05, 4.69) is 17.7 Å². The molecular formula is C22H35N3O3S. The maximum absolute atomic E-state index is 12.9. The van der Waals surface area contributed by atoms with Crippen molar-refractivity contribution in [2.75, 3.05) is 13.1 Å². The fourth-order valence-corrected chi connectivity index (χ4v) is 5.13. The van der Waals surface area contributed by atoms with Gasteiger partial charge in [0, 0.05) is 36.1 Å². The number of aryl methyl sites for hydroxylation is 1. The van der Waals surface area contributed by atoms with E-state index in [1.54, 1.807) is 4.90 Å². The first-order valence-corrected chi connectivity index (χ1v) is 11.6. The fraction of sp³-hybridized carbons (Fsp3) is 0.727. The summed E-state index contributed by atoms with van der Waals surface area (Å²) >= 11 is -1.19. The third-order valence-electron chi connectivity index (χ3n) is 5.76. The van der Waals surface area contributed by atoms with Gasteiger partial charge in [-0.05, 0) is 78.9 Å². The minimum atomic E-state index is -1.19. The molecule has 1 aromatic rings. The summed E-state index contributed by atoms with van der Waals surface area (Å²) in [6.07, 6.45) is 4.21. The van der Waals surface area contributed by atoms with Gasteiger partial charge in [0.25, 0.3) is 0 Å². The second-order valence-electron chi connectivity index (χ2n) is 10.5. The lowest BCUT2D eigenvalue weighted by Gasteiger charge is -2.43. The number of hydrogen-bond donors (Lipinski definition) is 1. The van der Waals surface area contributed by atoms with E-state index >= 15 is 0 Å². The molecule has 3 rings (SSSR count). The largest absolute Gasteiger partial charge is 0.598 e. The maximum Gasteiger partial charge on any atom is 0.410 e. The van der Waals surface area contributed by atoms with Crippen molar-refractivity contribution in [3.05, 3.63) is 29.1 Å². The maximum atomic E-state index is 12.9. The van der Waals surface area contributed by atoms with E-state index in [4.69, 9.17) is 9.72 Å². The van der Waals surface area contributed by atoms with Gasteiger partial charge in [0.15, 0.2) is 0 Å². The van der Waals surface area contributed by atoms with E-state index in [0.29, 0.717) is 13.1 Å². The summed E-state index contributed by atoms with van der Waals surface area (Å²) in [6.45, 7) is 14.9. The van der Waals surface area contributed by atoms with Crippen LogP contribution in [0.25, 0.3) is 0 Å². The number of aromatic nitrogens is 1. The lowest BCUT2D eigenvalue weighted by molar-refractivity contribution is 0.00705. The van der Waals surface area contributed by atoms with E-state index in [1.807, 2.05) is 47.7 Å². The van der Waals surface area contributed by atoms with Gasteiger partial charge < -0.3 is 14.2 Å². The van der Waals surface area contributed by atoms with Crippen LogP contribution in [0.4, 0.5) is 4.79 Å². The minimum absolute atomic E-state index is 0.0704. The molecule has 1 saturated heterocycles. The molecule has 0 radical (unpaired) electrons. The molecule has 0 aromatic carbocycles. The average Bonchev–Trinajstić information content (AvgIpc) is 2.85. The number of carbonyl (C=O) groups is 1. The molecule has 1 aromatic heterocycles. The van der Waals surface area contributed by atoms with Crippen LogP contribution in [0, 0.1) is 12.3 Å². The van der Waals surface area contributed by atoms with Gasteiger partial charge in [0.2, 0.25) is 0 Å². The van der Waals surface area contributed by atoms with E-state index in [1.165, 1.54) is 5.56 Å². The lowest BCUT2D eigenvalue weighted by Crippen LogP contribution is -2.51. The molecule has 1 spiro atoms. The molecule has 6 nitrogen and oxygen atoms in total. The number of amides is 1. The van der Waals surface area contributed by atoms with Crippen molar-refractivity contribution in [2.45, 2.75) is 84.1 Å². The van der Waals surface area contributed by atoms with Crippen molar-refractivity contribution < 1.29 is 14.1 Å². The Morgan fingerprint density at radius 1 is 1.28 bits per heavy atom. The Hall–Kier alpha value is -1.31. The molecule has 0 unspecified atom stereocenters. The van der Waals surface area contributed by atoms with Gasteiger partial charge in [0.05, 0.1) is 5.69 Å². The van der Waals surface area contributed by atoms with Crippen molar-refractivity contribution in [3.63, 3.8) is 0 Å². The quantitative estimate of drug-likeness (QED) is 0.729. The normalized spacial score (nSPS) is 22.5. The standard InChI is InChI=1S/C22H35N3O3S/c1-15-12-16-13-22(8-10-25(11-9-22)19(26)28-20(2,3)4)18(17(16)23-14-15)24-29(27)21(5,6)7/h12,14,18,24H,8-11,13H2,1-7H3/t18-,29+/m0/s1. The Bertz CT molecular complexity index is 762. The Kier molecular flexibility index (Phi) is 5.98. The van der Waals surface area contributed by atoms with Gasteiger partial charge in [-0.2, -0.15) is 0 Å². The topological polar surface area (TPSA) is 77.5 Å². The van der Waals surface area contributed by atoms with Gasteiger partial charge in [-0.3, -0.25) is 4.98 Å². The molecule has 1 aliphatic heterocycles. The second-order valence-corrected chi connectivity index (χ2v) is 12.5. The Balaban J connectivity index is 1.81. The smallest absolute Gasteiger partial charge is 0.410 e. The van der Waals surface area contributed by atoms with Gasteiger partial charge in [-0.25, -0.2) is 4.79 Å². The zero-order chi connectivity index (χ0) is 21.6. The molecule has 1 aliphatic carbocycles. The van der Waals surface area contributed by atoms with E-state index in [9.17, 15) is 9.35 Å². The fourth-order valence-electron chi connectivity index (χ4n) is 4.20. The summed E-state index contributed by atoms with van der Waals surface area (Å²) in [5.41, 5.74) is 2.81. The number of ether oxygens (including phenoxy) is 1. The number of hydrogen-bond acceptors (Lipinski definition) is 5. The summed E-state index contributed by atoms with van der Waals surface area (Å²) < 4.78 is 21.5. The molecule has 2 atom stereocenters. The van der Waals surface area contributed by atoms with Gasteiger partial charge in [-0.15, -0.1) is 4.72 Å². The summed E-state index contributed by atoms with van der Waals surface area (Å²) in [7, 11) is 0. The highest BCUT2D eigenvalue weighted by molar-refractivity contribution is 7.90. The van der Waals surface area contributed by atoms with E-state index in [-0.39, 0.29) is 22.3 Å². The number of piperidine rings is 1. The van der Waals surface area contributed by atoms with Crippen molar-refractivity contribution >= 4 is 17.5 Å². The monoisotopic (exact) mass is 421 g/mol. The highest BCUT2D eigenvalue weighted by Gasteiger charge is 2.52. The first kappa shape index (κ1) is 22.4. The molecule has 1 N–H and O–H groups in total. The van der Waals surface area contributed by atoms with Crippen LogP contribution in [-0.2, 0) is 22.5 Å². The number of fused-ring (bicyclic) bond motifs is 1. The lowest BCUT2D eigenvalue weighted by atomic mass is 9.73. The molecular weight excluding hydrogens is 386 g/mol. The van der Waals surface area contributed by atoms with Crippen molar-refractivity contribution in [2.24, 2.45) is 5.41 Å². The SMILES string of the molecule is Cc1cnc2c(c1)CC1(CCN(C(=O)OC(C)(C)C)CC1)[C@H]2N[S@+]([O-])C(C)(C)C. The molecule has 1 fully saturated rings. The van der Waals surface area contributed by atoms with Crippen LogP contribution in [0.1, 0.15) is 77.2 Å².